The number of nitrogens with two attached hydrogens (primary N) is 1. The number of ether oxygens (including phenoxy) is 2. The summed E-state index contributed by atoms with van der Waals surface area (Å²) in [5, 5.41) is 0. The van der Waals surface area contributed by atoms with Gasteiger partial charge in [0.15, 0.2) is 5.79 Å². The third kappa shape index (κ3) is 1.73. The van der Waals surface area contributed by atoms with Crippen LogP contribution in [0.3, 0.4) is 0 Å². The molecule has 2 fully saturated rings. The van der Waals surface area contributed by atoms with Gasteiger partial charge in [0.2, 0.25) is 0 Å². The Labute approximate surface area is 79.6 Å². The summed E-state index contributed by atoms with van der Waals surface area (Å²) < 4.78 is 11.3. The van der Waals surface area contributed by atoms with Crippen molar-refractivity contribution in [3.05, 3.63) is 0 Å². The fourth-order valence-corrected chi connectivity index (χ4v) is 2.22. The van der Waals surface area contributed by atoms with E-state index >= 15 is 0 Å². The zero-order valence-corrected chi connectivity index (χ0v) is 8.34. The first-order chi connectivity index (χ1) is 6.18. The molecule has 0 amide bonds. The highest BCUT2D eigenvalue weighted by Crippen LogP contribution is 2.43. The highest BCUT2D eigenvalue weighted by Gasteiger charge is 2.43. The van der Waals surface area contributed by atoms with Crippen LogP contribution in [0, 0.1) is 5.41 Å². The summed E-state index contributed by atoms with van der Waals surface area (Å²) >= 11 is 0. The SMILES string of the molecule is CC1(CN)CCC2(CC1)OCCO2. The van der Waals surface area contributed by atoms with E-state index < -0.39 is 0 Å². The van der Waals surface area contributed by atoms with Crippen molar-refractivity contribution in [2.24, 2.45) is 11.1 Å². The lowest BCUT2D eigenvalue weighted by Crippen LogP contribution is -2.41. The summed E-state index contributed by atoms with van der Waals surface area (Å²) in [4.78, 5) is 0. The zero-order valence-electron chi connectivity index (χ0n) is 8.34. The molecule has 1 spiro atoms. The molecule has 3 heteroatoms. The van der Waals surface area contributed by atoms with Crippen molar-refractivity contribution >= 4 is 0 Å². The molecular formula is C10H19NO2. The van der Waals surface area contributed by atoms with Gasteiger partial charge >= 0.3 is 0 Å². The molecule has 0 aromatic rings. The van der Waals surface area contributed by atoms with Crippen LogP contribution in [0.15, 0.2) is 0 Å². The molecule has 1 heterocycles. The van der Waals surface area contributed by atoms with Crippen LogP contribution >= 0.6 is 0 Å². The molecule has 0 aromatic heterocycles. The molecule has 1 aliphatic carbocycles. The summed E-state index contributed by atoms with van der Waals surface area (Å²) in [6, 6.07) is 0. The summed E-state index contributed by atoms with van der Waals surface area (Å²) in [5.74, 6) is -0.228. The van der Waals surface area contributed by atoms with E-state index in [1.807, 2.05) is 0 Å². The summed E-state index contributed by atoms with van der Waals surface area (Å²) in [6.45, 7) is 4.57. The minimum Gasteiger partial charge on any atom is -0.348 e. The van der Waals surface area contributed by atoms with Crippen LogP contribution in [0.4, 0.5) is 0 Å². The van der Waals surface area contributed by atoms with Gasteiger partial charge in [0.1, 0.15) is 0 Å². The Bertz CT molecular complexity index is 177. The number of rotatable bonds is 1. The average molecular weight is 185 g/mol. The van der Waals surface area contributed by atoms with E-state index in [1.165, 1.54) is 0 Å². The van der Waals surface area contributed by atoms with E-state index in [9.17, 15) is 0 Å². The molecule has 0 aromatic carbocycles. The Hall–Kier alpha value is -0.120. The standard InChI is InChI=1S/C10H19NO2/c1-9(8-11)2-4-10(5-3-9)12-6-7-13-10/h2-8,11H2,1H3. The first-order valence-electron chi connectivity index (χ1n) is 5.16. The molecule has 13 heavy (non-hydrogen) atoms. The van der Waals surface area contributed by atoms with Gasteiger partial charge in [-0.1, -0.05) is 6.92 Å². The van der Waals surface area contributed by atoms with E-state index in [1.54, 1.807) is 0 Å². The van der Waals surface area contributed by atoms with E-state index in [2.05, 4.69) is 6.92 Å². The van der Waals surface area contributed by atoms with E-state index in [-0.39, 0.29) is 5.79 Å². The molecule has 2 N–H and O–H groups in total. The second-order valence-electron chi connectivity index (χ2n) is 4.62. The lowest BCUT2D eigenvalue weighted by atomic mass is 9.73. The van der Waals surface area contributed by atoms with Crippen molar-refractivity contribution in [1.82, 2.24) is 0 Å². The Kier molecular flexibility index (Phi) is 2.34. The second kappa shape index (κ2) is 3.23. The molecule has 2 rings (SSSR count). The van der Waals surface area contributed by atoms with Gasteiger partial charge in [-0.3, -0.25) is 0 Å². The second-order valence-corrected chi connectivity index (χ2v) is 4.62. The normalized spacial score (nSPS) is 30.9. The maximum absolute atomic E-state index is 5.74. The number of hydrogen-bond acceptors (Lipinski definition) is 3. The van der Waals surface area contributed by atoms with E-state index in [4.69, 9.17) is 15.2 Å². The van der Waals surface area contributed by atoms with Crippen LogP contribution in [0.2, 0.25) is 0 Å². The predicted molar refractivity (Wildman–Crippen MR) is 50.3 cm³/mol. The average Bonchev–Trinajstić information content (AvgIpc) is 2.61. The first-order valence-corrected chi connectivity index (χ1v) is 5.16. The maximum atomic E-state index is 5.74. The van der Waals surface area contributed by atoms with Crippen molar-refractivity contribution < 1.29 is 9.47 Å². The molecule has 0 bridgehead atoms. The van der Waals surface area contributed by atoms with Gasteiger partial charge in [-0.15, -0.1) is 0 Å². The Morgan fingerprint density at radius 2 is 1.62 bits per heavy atom. The van der Waals surface area contributed by atoms with Crippen LogP contribution in [0.25, 0.3) is 0 Å². The van der Waals surface area contributed by atoms with E-state index in [0.717, 1.165) is 45.4 Å². The van der Waals surface area contributed by atoms with Gasteiger partial charge in [0.25, 0.3) is 0 Å². The fourth-order valence-electron chi connectivity index (χ4n) is 2.22. The first kappa shape index (κ1) is 9.44. The molecule has 3 nitrogen and oxygen atoms in total. The molecule has 2 aliphatic rings. The van der Waals surface area contributed by atoms with Gasteiger partial charge in [-0.25, -0.2) is 0 Å². The highest BCUT2D eigenvalue weighted by atomic mass is 16.7. The minimum absolute atomic E-state index is 0.228. The molecule has 0 atom stereocenters. The molecule has 1 saturated carbocycles. The number of hydrogen-bond donors (Lipinski definition) is 1. The predicted octanol–water partition coefficient (Wildman–Crippen LogP) is 1.27. The van der Waals surface area contributed by atoms with Gasteiger partial charge in [-0.05, 0) is 24.8 Å². The van der Waals surface area contributed by atoms with Crippen molar-refractivity contribution in [2.75, 3.05) is 19.8 Å². The van der Waals surface area contributed by atoms with Gasteiger partial charge in [0.05, 0.1) is 13.2 Å². The molecular weight excluding hydrogens is 166 g/mol. The minimum atomic E-state index is -0.228. The summed E-state index contributed by atoms with van der Waals surface area (Å²) in [5.41, 5.74) is 6.06. The molecule has 1 aliphatic heterocycles. The Morgan fingerprint density at radius 3 is 2.08 bits per heavy atom. The highest BCUT2D eigenvalue weighted by molar-refractivity contribution is 4.89. The largest absolute Gasteiger partial charge is 0.348 e. The third-order valence-corrected chi connectivity index (χ3v) is 3.53. The van der Waals surface area contributed by atoms with Crippen LogP contribution in [-0.2, 0) is 9.47 Å². The fraction of sp³-hybridized carbons (Fsp3) is 1.00. The van der Waals surface area contributed by atoms with Crippen molar-refractivity contribution in [3.8, 4) is 0 Å². The van der Waals surface area contributed by atoms with Crippen molar-refractivity contribution in [2.45, 2.75) is 38.4 Å². The Morgan fingerprint density at radius 1 is 1.08 bits per heavy atom. The summed E-state index contributed by atoms with van der Waals surface area (Å²) in [7, 11) is 0. The van der Waals surface area contributed by atoms with Crippen LogP contribution < -0.4 is 5.73 Å². The van der Waals surface area contributed by atoms with Crippen molar-refractivity contribution in [1.29, 1.82) is 0 Å². The molecule has 76 valence electrons. The quantitative estimate of drug-likeness (QED) is 0.669. The molecule has 0 unspecified atom stereocenters. The van der Waals surface area contributed by atoms with Crippen LogP contribution in [0.1, 0.15) is 32.6 Å². The molecule has 1 saturated heterocycles. The smallest absolute Gasteiger partial charge is 0.168 e. The summed E-state index contributed by atoms with van der Waals surface area (Å²) in [6.07, 6.45) is 4.29. The van der Waals surface area contributed by atoms with Crippen molar-refractivity contribution in [3.63, 3.8) is 0 Å². The van der Waals surface area contributed by atoms with Crippen LogP contribution in [0.5, 0.6) is 0 Å². The topological polar surface area (TPSA) is 44.5 Å². The van der Waals surface area contributed by atoms with E-state index in [0.29, 0.717) is 5.41 Å². The maximum Gasteiger partial charge on any atom is 0.168 e. The zero-order chi connectivity index (χ0) is 9.36. The lowest BCUT2D eigenvalue weighted by molar-refractivity contribution is -0.189. The molecule has 0 radical (unpaired) electrons. The van der Waals surface area contributed by atoms with Gasteiger partial charge in [-0.2, -0.15) is 0 Å². The van der Waals surface area contributed by atoms with Crippen LogP contribution in [-0.4, -0.2) is 25.5 Å². The third-order valence-electron chi connectivity index (χ3n) is 3.53. The lowest BCUT2D eigenvalue weighted by Gasteiger charge is -2.40. The van der Waals surface area contributed by atoms with Gasteiger partial charge < -0.3 is 15.2 Å². The Balaban J connectivity index is 1.95. The monoisotopic (exact) mass is 185 g/mol. The van der Waals surface area contributed by atoms with Gasteiger partial charge in [0, 0.05) is 12.8 Å².